The number of imide groups is 1. The first-order valence-corrected chi connectivity index (χ1v) is 8.41. The van der Waals surface area contributed by atoms with Gasteiger partial charge in [0.2, 0.25) is 17.7 Å². The minimum absolute atomic E-state index is 0.0615. The number of hydrogen-bond acceptors (Lipinski definition) is 3. The van der Waals surface area contributed by atoms with E-state index in [0.717, 1.165) is 29.9 Å². The van der Waals surface area contributed by atoms with Crippen molar-refractivity contribution < 1.29 is 23.2 Å². The van der Waals surface area contributed by atoms with Gasteiger partial charge in [-0.05, 0) is 18.9 Å². The predicted octanol–water partition coefficient (Wildman–Crippen LogP) is 2.10. The number of hydrogen-bond donors (Lipinski definition) is 0. The zero-order valence-electron chi connectivity index (χ0n) is 14.0. The van der Waals surface area contributed by atoms with Crippen molar-refractivity contribution in [1.82, 2.24) is 9.80 Å². The maximum Gasteiger partial charge on any atom is 0.242 e. The fourth-order valence-corrected chi connectivity index (χ4v) is 3.64. The Balaban J connectivity index is 1.65. The van der Waals surface area contributed by atoms with Crippen LogP contribution >= 0.6 is 0 Å². The lowest BCUT2D eigenvalue weighted by atomic mass is 9.81. The van der Waals surface area contributed by atoms with Crippen molar-refractivity contribution in [2.24, 2.45) is 11.8 Å². The topological polar surface area (TPSA) is 57.7 Å². The molecule has 2 aliphatic rings. The molecule has 0 aromatic heterocycles. The smallest absolute Gasteiger partial charge is 0.242 e. The molecule has 134 valence electrons. The summed E-state index contributed by atoms with van der Waals surface area (Å²) in [4.78, 5) is 39.4. The lowest BCUT2D eigenvalue weighted by Crippen LogP contribution is -2.41. The van der Waals surface area contributed by atoms with E-state index in [1.54, 1.807) is 0 Å². The average Bonchev–Trinajstić information content (AvgIpc) is 2.82. The number of fused-ring (bicyclic) bond motifs is 1. The first-order valence-electron chi connectivity index (χ1n) is 8.41. The molecule has 1 saturated carbocycles. The molecule has 0 spiro atoms. The molecule has 3 rings (SSSR count). The lowest BCUT2D eigenvalue weighted by molar-refractivity contribution is -0.146. The molecule has 2 atom stereocenters. The van der Waals surface area contributed by atoms with Crippen molar-refractivity contribution in [3.63, 3.8) is 0 Å². The number of rotatable bonds is 4. The molecule has 1 heterocycles. The zero-order valence-corrected chi connectivity index (χ0v) is 14.0. The zero-order chi connectivity index (χ0) is 18.1. The molecule has 7 heteroatoms. The third-order valence-electron chi connectivity index (χ3n) is 5.07. The van der Waals surface area contributed by atoms with Gasteiger partial charge in [0.05, 0.1) is 11.8 Å². The standard InChI is InChI=1S/C18H20F2N2O3/c1-21(9-11-6-7-12(19)8-15(11)20)16(23)10-22-17(24)13-4-2-3-5-14(13)18(22)25/h6-8,13-14H,2-5,9-10H2,1H3. The van der Waals surface area contributed by atoms with Crippen LogP contribution in [0.25, 0.3) is 0 Å². The molecular weight excluding hydrogens is 330 g/mol. The van der Waals surface area contributed by atoms with Crippen LogP contribution in [0, 0.1) is 23.5 Å². The summed E-state index contributed by atoms with van der Waals surface area (Å²) >= 11 is 0. The van der Waals surface area contributed by atoms with Gasteiger partial charge >= 0.3 is 0 Å². The summed E-state index contributed by atoms with van der Waals surface area (Å²) < 4.78 is 26.7. The number of benzene rings is 1. The molecule has 0 bridgehead atoms. The van der Waals surface area contributed by atoms with E-state index in [-0.39, 0.29) is 42.3 Å². The molecular formula is C18H20F2N2O3. The molecule has 1 aliphatic carbocycles. The van der Waals surface area contributed by atoms with Gasteiger partial charge in [-0.1, -0.05) is 18.9 Å². The van der Waals surface area contributed by atoms with E-state index in [1.165, 1.54) is 18.0 Å². The van der Waals surface area contributed by atoms with E-state index in [9.17, 15) is 23.2 Å². The first kappa shape index (κ1) is 17.5. The third-order valence-corrected chi connectivity index (χ3v) is 5.07. The number of nitrogens with zero attached hydrogens (tertiary/aromatic N) is 2. The Bertz CT molecular complexity index is 698. The van der Waals surface area contributed by atoms with Gasteiger partial charge in [0, 0.05) is 25.2 Å². The minimum Gasteiger partial charge on any atom is -0.340 e. The fourth-order valence-electron chi connectivity index (χ4n) is 3.64. The summed E-state index contributed by atoms with van der Waals surface area (Å²) in [6, 6.07) is 3.15. The van der Waals surface area contributed by atoms with Gasteiger partial charge in [-0.2, -0.15) is 0 Å². The molecule has 2 unspecified atom stereocenters. The highest BCUT2D eigenvalue weighted by atomic mass is 19.1. The van der Waals surface area contributed by atoms with Crippen molar-refractivity contribution in [3.05, 3.63) is 35.4 Å². The van der Waals surface area contributed by atoms with Crippen LogP contribution in [0.5, 0.6) is 0 Å². The van der Waals surface area contributed by atoms with Crippen LogP contribution in [0.1, 0.15) is 31.2 Å². The molecule has 1 aromatic rings. The second-order valence-corrected chi connectivity index (χ2v) is 6.75. The third kappa shape index (κ3) is 3.41. The Hall–Kier alpha value is -2.31. The Kier molecular flexibility index (Phi) is 4.83. The normalized spacial score (nSPS) is 22.9. The van der Waals surface area contributed by atoms with Crippen molar-refractivity contribution in [2.45, 2.75) is 32.2 Å². The summed E-state index contributed by atoms with van der Waals surface area (Å²) in [7, 11) is 1.46. The number of carbonyl (C=O) groups is 3. The van der Waals surface area contributed by atoms with Gasteiger partial charge in [0.25, 0.3) is 0 Å². The molecule has 5 nitrogen and oxygen atoms in total. The number of likely N-dealkylation sites (N-methyl/N-ethyl adjacent to an activating group) is 1. The SMILES string of the molecule is CN(Cc1ccc(F)cc1F)C(=O)CN1C(=O)C2CCCCC2C1=O. The Morgan fingerprint density at radius 1 is 1.16 bits per heavy atom. The molecule has 1 aromatic carbocycles. The molecule has 0 radical (unpaired) electrons. The summed E-state index contributed by atoms with van der Waals surface area (Å²) in [5.41, 5.74) is 0.171. The van der Waals surface area contributed by atoms with Crippen molar-refractivity contribution >= 4 is 17.7 Å². The van der Waals surface area contributed by atoms with Crippen LogP contribution in [0.2, 0.25) is 0 Å². The van der Waals surface area contributed by atoms with E-state index in [1.807, 2.05) is 0 Å². The number of amides is 3. The first-order chi connectivity index (χ1) is 11.9. The summed E-state index contributed by atoms with van der Waals surface area (Å²) in [6.07, 6.45) is 3.23. The largest absolute Gasteiger partial charge is 0.340 e. The number of carbonyl (C=O) groups excluding carboxylic acids is 3. The van der Waals surface area contributed by atoms with Gasteiger partial charge in [-0.15, -0.1) is 0 Å². The lowest BCUT2D eigenvalue weighted by Gasteiger charge is -2.21. The summed E-state index contributed by atoms with van der Waals surface area (Å²) in [6.45, 7) is -0.391. The maximum absolute atomic E-state index is 13.7. The van der Waals surface area contributed by atoms with Crippen LogP contribution in [-0.4, -0.2) is 41.1 Å². The van der Waals surface area contributed by atoms with Crippen LogP contribution < -0.4 is 0 Å². The average molecular weight is 350 g/mol. The Labute approximate surface area is 144 Å². The van der Waals surface area contributed by atoms with Gasteiger partial charge in [0.1, 0.15) is 18.2 Å². The minimum atomic E-state index is -0.737. The van der Waals surface area contributed by atoms with Gasteiger partial charge in [-0.3, -0.25) is 19.3 Å². The predicted molar refractivity (Wildman–Crippen MR) is 85.0 cm³/mol. The van der Waals surface area contributed by atoms with Crippen molar-refractivity contribution in [1.29, 1.82) is 0 Å². The number of halogens is 2. The van der Waals surface area contributed by atoms with Crippen molar-refractivity contribution in [3.8, 4) is 0 Å². The molecule has 0 N–H and O–H groups in total. The molecule has 1 aliphatic heterocycles. The maximum atomic E-state index is 13.7. The van der Waals surface area contributed by atoms with Gasteiger partial charge < -0.3 is 4.90 Å². The van der Waals surface area contributed by atoms with E-state index in [4.69, 9.17) is 0 Å². The Morgan fingerprint density at radius 3 is 2.32 bits per heavy atom. The summed E-state index contributed by atoms with van der Waals surface area (Å²) in [5.74, 6) is -3.02. The van der Waals surface area contributed by atoms with E-state index >= 15 is 0 Å². The second kappa shape index (κ2) is 6.90. The van der Waals surface area contributed by atoms with E-state index in [0.29, 0.717) is 12.8 Å². The van der Waals surface area contributed by atoms with Crippen LogP contribution in [0.4, 0.5) is 8.78 Å². The number of likely N-dealkylation sites (tertiary alicyclic amines) is 1. The Morgan fingerprint density at radius 2 is 1.76 bits per heavy atom. The monoisotopic (exact) mass is 350 g/mol. The van der Waals surface area contributed by atoms with Crippen LogP contribution in [0.15, 0.2) is 18.2 Å². The van der Waals surface area contributed by atoms with Crippen LogP contribution in [0.3, 0.4) is 0 Å². The molecule has 2 fully saturated rings. The fraction of sp³-hybridized carbons (Fsp3) is 0.500. The molecule has 3 amide bonds. The van der Waals surface area contributed by atoms with Crippen molar-refractivity contribution in [2.75, 3.05) is 13.6 Å². The second-order valence-electron chi connectivity index (χ2n) is 6.75. The van der Waals surface area contributed by atoms with E-state index in [2.05, 4.69) is 0 Å². The van der Waals surface area contributed by atoms with Gasteiger partial charge in [0.15, 0.2) is 0 Å². The van der Waals surface area contributed by atoms with Gasteiger partial charge in [-0.25, -0.2) is 8.78 Å². The highest BCUT2D eigenvalue weighted by Gasteiger charge is 2.48. The summed E-state index contributed by atoms with van der Waals surface area (Å²) in [5, 5.41) is 0. The quantitative estimate of drug-likeness (QED) is 0.782. The molecule has 25 heavy (non-hydrogen) atoms. The highest BCUT2D eigenvalue weighted by Crippen LogP contribution is 2.37. The molecule has 1 saturated heterocycles. The van der Waals surface area contributed by atoms with E-state index < -0.39 is 17.5 Å². The highest BCUT2D eigenvalue weighted by molar-refractivity contribution is 6.07. The van der Waals surface area contributed by atoms with Crippen LogP contribution in [-0.2, 0) is 20.9 Å².